The molecule has 0 aliphatic carbocycles. The van der Waals surface area contributed by atoms with E-state index in [2.05, 4.69) is 0 Å². The molecule has 0 saturated carbocycles. The Balaban J connectivity index is 4.12. The highest BCUT2D eigenvalue weighted by molar-refractivity contribution is 6.13. The van der Waals surface area contributed by atoms with Crippen molar-refractivity contribution < 1.29 is 19.1 Å². The first-order chi connectivity index (χ1) is 8.17. The monoisotopic (exact) mass is 242 g/mol. The van der Waals surface area contributed by atoms with Gasteiger partial charge in [0.1, 0.15) is 5.57 Å². The van der Waals surface area contributed by atoms with Crippen molar-refractivity contribution in [3.8, 4) is 0 Å². The number of allylic oxidation sites excluding steroid dienone is 1. The van der Waals surface area contributed by atoms with Gasteiger partial charge in [-0.25, -0.2) is 9.59 Å². The molecule has 0 fully saturated rings. The van der Waals surface area contributed by atoms with Crippen LogP contribution in [0.3, 0.4) is 0 Å². The van der Waals surface area contributed by atoms with Gasteiger partial charge < -0.3 is 9.47 Å². The van der Waals surface area contributed by atoms with Crippen LogP contribution in [0.2, 0.25) is 0 Å². The minimum Gasteiger partial charge on any atom is -0.462 e. The number of carbonyl (C=O) groups excluding carboxylic acids is 2. The Morgan fingerprint density at radius 3 is 1.65 bits per heavy atom. The van der Waals surface area contributed by atoms with Crippen LogP contribution in [-0.2, 0) is 19.1 Å². The van der Waals surface area contributed by atoms with Crippen molar-refractivity contribution in [1.29, 1.82) is 0 Å². The molecule has 0 aromatic rings. The predicted octanol–water partition coefficient (Wildman–Crippen LogP) is 2.62. The Morgan fingerprint density at radius 1 is 0.941 bits per heavy atom. The topological polar surface area (TPSA) is 52.6 Å². The molecule has 0 heterocycles. The molecule has 0 spiro atoms. The Labute approximate surface area is 103 Å². The van der Waals surface area contributed by atoms with Crippen molar-refractivity contribution in [2.75, 3.05) is 13.2 Å². The molecular formula is C13H22O4. The van der Waals surface area contributed by atoms with Crippen LogP contribution >= 0.6 is 0 Å². The lowest BCUT2D eigenvalue weighted by molar-refractivity contribution is -0.147. The predicted molar refractivity (Wildman–Crippen MR) is 65.5 cm³/mol. The van der Waals surface area contributed by atoms with E-state index in [0.29, 0.717) is 13.2 Å². The minimum atomic E-state index is -0.595. The Kier molecular flexibility index (Phi) is 9.11. The average molecular weight is 242 g/mol. The largest absolute Gasteiger partial charge is 0.462 e. The third-order valence-corrected chi connectivity index (χ3v) is 2.19. The summed E-state index contributed by atoms with van der Waals surface area (Å²) in [5.41, 5.74) is -0.0165. The molecule has 0 aromatic carbocycles. The maximum atomic E-state index is 11.5. The number of unbranched alkanes of at least 4 members (excludes halogenated alkanes) is 2. The zero-order chi connectivity index (χ0) is 13.1. The molecule has 0 aliphatic rings. The van der Waals surface area contributed by atoms with E-state index < -0.39 is 11.9 Å². The third kappa shape index (κ3) is 6.76. The second-order valence-corrected chi connectivity index (χ2v) is 3.68. The summed E-state index contributed by atoms with van der Waals surface area (Å²) in [4.78, 5) is 23.1. The van der Waals surface area contributed by atoms with E-state index in [4.69, 9.17) is 9.47 Å². The number of ether oxygens (including phenoxy) is 2. The van der Waals surface area contributed by atoms with Gasteiger partial charge in [-0.05, 0) is 19.8 Å². The fraction of sp³-hybridized carbons (Fsp3) is 0.692. The average Bonchev–Trinajstić information content (AvgIpc) is 2.30. The first-order valence-electron chi connectivity index (χ1n) is 6.17. The number of rotatable bonds is 8. The van der Waals surface area contributed by atoms with E-state index in [1.807, 2.05) is 13.8 Å². The van der Waals surface area contributed by atoms with Gasteiger partial charge in [-0.1, -0.05) is 32.8 Å². The van der Waals surface area contributed by atoms with Crippen LogP contribution in [0.15, 0.2) is 11.6 Å². The summed E-state index contributed by atoms with van der Waals surface area (Å²) in [6.07, 6.45) is 4.92. The summed E-state index contributed by atoms with van der Waals surface area (Å²) in [5.74, 6) is -1.19. The van der Waals surface area contributed by atoms with Gasteiger partial charge in [-0.15, -0.1) is 0 Å². The molecule has 0 rings (SSSR count). The van der Waals surface area contributed by atoms with E-state index in [-0.39, 0.29) is 5.57 Å². The maximum Gasteiger partial charge on any atom is 0.345 e. The van der Waals surface area contributed by atoms with Crippen LogP contribution in [0.4, 0.5) is 0 Å². The first kappa shape index (κ1) is 15.7. The molecule has 0 bridgehead atoms. The van der Waals surface area contributed by atoms with Crippen molar-refractivity contribution in [3.05, 3.63) is 11.6 Å². The Morgan fingerprint density at radius 2 is 1.35 bits per heavy atom. The number of hydrogen-bond donors (Lipinski definition) is 0. The molecule has 0 atom stereocenters. The van der Waals surface area contributed by atoms with Gasteiger partial charge in [-0.3, -0.25) is 0 Å². The van der Waals surface area contributed by atoms with Crippen molar-refractivity contribution in [2.45, 2.75) is 46.5 Å². The van der Waals surface area contributed by atoms with Gasteiger partial charge in [0.2, 0.25) is 0 Å². The number of carbonyl (C=O) groups is 2. The van der Waals surface area contributed by atoms with E-state index in [0.717, 1.165) is 25.7 Å². The summed E-state index contributed by atoms with van der Waals surface area (Å²) < 4.78 is 9.91. The van der Waals surface area contributed by atoms with Crippen LogP contribution in [0.25, 0.3) is 0 Å². The maximum absolute atomic E-state index is 11.5. The first-order valence-corrected chi connectivity index (χ1v) is 6.17. The van der Waals surface area contributed by atoms with Crippen molar-refractivity contribution in [2.24, 2.45) is 0 Å². The quantitative estimate of drug-likeness (QED) is 0.216. The minimum absolute atomic E-state index is 0.0165. The summed E-state index contributed by atoms with van der Waals surface area (Å²) in [6.45, 7) is 6.31. The molecule has 98 valence electrons. The lowest BCUT2D eigenvalue weighted by atomic mass is 10.2. The normalized spacial score (nSPS) is 9.59. The van der Waals surface area contributed by atoms with Crippen LogP contribution in [0, 0.1) is 0 Å². The lowest BCUT2D eigenvalue weighted by Crippen LogP contribution is -2.19. The van der Waals surface area contributed by atoms with Gasteiger partial charge in [0.15, 0.2) is 0 Å². The molecule has 0 radical (unpaired) electrons. The smallest absolute Gasteiger partial charge is 0.345 e. The fourth-order valence-electron chi connectivity index (χ4n) is 1.09. The molecule has 17 heavy (non-hydrogen) atoms. The highest BCUT2D eigenvalue weighted by Crippen LogP contribution is 2.04. The molecule has 0 N–H and O–H groups in total. The molecule has 4 nitrogen and oxygen atoms in total. The van der Waals surface area contributed by atoms with Gasteiger partial charge in [0.05, 0.1) is 13.2 Å². The Hall–Kier alpha value is -1.32. The van der Waals surface area contributed by atoms with Crippen molar-refractivity contribution in [3.63, 3.8) is 0 Å². The highest BCUT2D eigenvalue weighted by atomic mass is 16.6. The summed E-state index contributed by atoms with van der Waals surface area (Å²) in [6, 6.07) is 0. The van der Waals surface area contributed by atoms with E-state index in [1.165, 1.54) is 6.08 Å². The van der Waals surface area contributed by atoms with E-state index in [1.54, 1.807) is 6.92 Å². The molecule has 0 aliphatic heterocycles. The molecule has 0 amide bonds. The van der Waals surface area contributed by atoms with Crippen LogP contribution in [0.1, 0.15) is 46.5 Å². The van der Waals surface area contributed by atoms with Crippen molar-refractivity contribution >= 4 is 11.9 Å². The highest BCUT2D eigenvalue weighted by Gasteiger charge is 2.19. The second-order valence-electron chi connectivity index (χ2n) is 3.68. The molecular weight excluding hydrogens is 220 g/mol. The lowest BCUT2D eigenvalue weighted by Gasteiger charge is -2.07. The van der Waals surface area contributed by atoms with E-state index >= 15 is 0 Å². The SMILES string of the molecule is CC=C(C(=O)OCCCC)C(=O)OCCCC. The zero-order valence-corrected chi connectivity index (χ0v) is 11.0. The molecule has 0 unspecified atom stereocenters. The van der Waals surface area contributed by atoms with Crippen LogP contribution in [-0.4, -0.2) is 25.2 Å². The van der Waals surface area contributed by atoms with Gasteiger partial charge in [0.25, 0.3) is 0 Å². The molecule has 0 aromatic heterocycles. The summed E-state index contributed by atoms with van der Waals surface area (Å²) in [5, 5.41) is 0. The second kappa shape index (κ2) is 9.87. The molecule has 4 heteroatoms. The third-order valence-electron chi connectivity index (χ3n) is 2.19. The van der Waals surface area contributed by atoms with E-state index in [9.17, 15) is 9.59 Å². The summed E-state index contributed by atoms with van der Waals surface area (Å²) in [7, 11) is 0. The Bertz CT molecular complexity index is 245. The van der Waals surface area contributed by atoms with Crippen molar-refractivity contribution in [1.82, 2.24) is 0 Å². The number of esters is 2. The number of hydrogen-bond acceptors (Lipinski definition) is 4. The van der Waals surface area contributed by atoms with Crippen LogP contribution < -0.4 is 0 Å². The molecule has 0 saturated heterocycles. The van der Waals surface area contributed by atoms with Crippen LogP contribution in [0.5, 0.6) is 0 Å². The van der Waals surface area contributed by atoms with Gasteiger partial charge in [0, 0.05) is 0 Å². The zero-order valence-electron chi connectivity index (χ0n) is 11.0. The summed E-state index contributed by atoms with van der Waals surface area (Å²) >= 11 is 0. The standard InChI is InChI=1S/C13H22O4/c1-4-7-9-16-12(14)11(6-3)13(15)17-10-8-5-2/h6H,4-5,7-10H2,1-3H3. The van der Waals surface area contributed by atoms with Gasteiger partial charge >= 0.3 is 11.9 Å². The fourth-order valence-corrected chi connectivity index (χ4v) is 1.09. The van der Waals surface area contributed by atoms with Gasteiger partial charge in [-0.2, -0.15) is 0 Å².